The number of nitrogens with one attached hydrogen (secondary N) is 2. The van der Waals surface area contributed by atoms with Crippen LogP contribution < -0.4 is 10.6 Å². The zero-order valence-corrected chi connectivity index (χ0v) is 10.6. The van der Waals surface area contributed by atoms with Crippen LogP contribution in [-0.2, 0) is 9.59 Å². The highest BCUT2D eigenvalue weighted by Gasteiger charge is 2.23. The van der Waals surface area contributed by atoms with E-state index in [0.717, 1.165) is 0 Å². The minimum Gasteiger partial charge on any atom is -0.481 e. The lowest BCUT2D eigenvalue weighted by molar-refractivity contribution is -0.145. The maximum absolute atomic E-state index is 11.4. The van der Waals surface area contributed by atoms with Crippen molar-refractivity contribution in [3.63, 3.8) is 0 Å². The third kappa shape index (κ3) is 7.44. The Morgan fingerprint density at radius 2 is 1.72 bits per heavy atom. The summed E-state index contributed by atoms with van der Waals surface area (Å²) < 4.78 is 0. The second-order valence-corrected chi connectivity index (χ2v) is 4.27. The SMILES string of the molecule is CC(CN(C)C)NC(=O)N[C@H](CC(=O)O)C(=O)O. The largest absolute Gasteiger partial charge is 0.481 e. The topological polar surface area (TPSA) is 119 Å². The lowest BCUT2D eigenvalue weighted by Gasteiger charge is -2.20. The molecule has 0 saturated heterocycles. The molecule has 0 aromatic rings. The van der Waals surface area contributed by atoms with Gasteiger partial charge in [0, 0.05) is 12.6 Å². The van der Waals surface area contributed by atoms with Crippen molar-refractivity contribution in [2.75, 3.05) is 20.6 Å². The first-order chi connectivity index (χ1) is 8.22. The lowest BCUT2D eigenvalue weighted by atomic mass is 10.2. The monoisotopic (exact) mass is 261 g/mol. The summed E-state index contributed by atoms with van der Waals surface area (Å²) >= 11 is 0. The number of carboxylic acids is 2. The Labute approximate surface area is 105 Å². The molecule has 0 rings (SSSR count). The number of urea groups is 1. The standard InChI is InChI=1S/C10H19N3O5/c1-6(5-13(2)3)11-10(18)12-7(9(16)17)4-8(14)15/h6-7H,4-5H2,1-3H3,(H,14,15)(H,16,17)(H2,11,12,18)/t6?,7-/m1/s1. The van der Waals surface area contributed by atoms with Crippen molar-refractivity contribution >= 4 is 18.0 Å². The summed E-state index contributed by atoms with van der Waals surface area (Å²) in [6.45, 7) is 2.34. The average Bonchev–Trinajstić information content (AvgIpc) is 2.13. The fourth-order valence-electron chi connectivity index (χ4n) is 1.39. The van der Waals surface area contributed by atoms with Gasteiger partial charge in [0.1, 0.15) is 6.04 Å². The Morgan fingerprint density at radius 1 is 1.17 bits per heavy atom. The summed E-state index contributed by atoms with van der Waals surface area (Å²) in [6, 6.07) is -2.31. The van der Waals surface area contributed by atoms with Crippen LogP contribution in [0.3, 0.4) is 0 Å². The van der Waals surface area contributed by atoms with Gasteiger partial charge in [-0.3, -0.25) is 4.79 Å². The smallest absolute Gasteiger partial charge is 0.326 e. The van der Waals surface area contributed by atoms with Crippen LogP contribution in [0.15, 0.2) is 0 Å². The molecule has 2 amide bonds. The lowest BCUT2D eigenvalue weighted by Crippen LogP contribution is -2.50. The van der Waals surface area contributed by atoms with E-state index in [2.05, 4.69) is 10.6 Å². The molecule has 0 aliphatic heterocycles. The number of hydrogen-bond donors (Lipinski definition) is 4. The van der Waals surface area contributed by atoms with Crippen LogP contribution in [0.25, 0.3) is 0 Å². The Balaban J connectivity index is 4.25. The summed E-state index contributed by atoms with van der Waals surface area (Å²) in [6.07, 6.45) is -0.662. The van der Waals surface area contributed by atoms with Crippen molar-refractivity contribution in [1.29, 1.82) is 0 Å². The summed E-state index contributed by atoms with van der Waals surface area (Å²) in [5.74, 6) is -2.67. The van der Waals surface area contributed by atoms with Gasteiger partial charge in [0.25, 0.3) is 0 Å². The van der Waals surface area contributed by atoms with Gasteiger partial charge >= 0.3 is 18.0 Å². The summed E-state index contributed by atoms with van der Waals surface area (Å²) in [5, 5.41) is 21.9. The highest BCUT2D eigenvalue weighted by Crippen LogP contribution is 1.93. The predicted molar refractivity (Wildman–Crippen MR) is 63.4 cm³/mol. The number of rotatable bonds is 7. The molecule has 0 saturated carbocycles. The Kier molecular flexibility index (Phi) is 6.73. The minimum absolute atomic E-state index is 0.181. The first kappa shape index (κ1) is 16.2. The second kappa shape index (κ2) is 7.49. The van der Waals surface area contributed by atoms with Gasteiger partial charge in [-0.05, 0) is 21.0 Å². The summed E-state index contributed by atoms with van der Waals surface area (Å²) in [4.78, 5) is 34.4. The van der Waals surface area contributed by atoms with Crippen molar-refractivity contribution in [2.45, 2.75) is 25.4 Å². The van der Waals surface area contributed by atoms with Gasteiger partial charge in [-0.2, -0.15) is 0 Å². The van der Waals surface area contributed by atoms with Gasteiger partial charge in [0.15, 0.2) is 0 Å². The molecule has 0 radical (unpaired) electrons. The van der Waals surface area contributed by atoms with Crippen molar-refractivity contribution in [3.05, 3.63) is 0 Å². The van der Waals surface area contributed by atoms with Gasteiger partial charge in [-0.15, -0.1) is 0 Å². The molecule has 104 valence electrons. The number of aliphatic carboxylic acids is 2. The number of amides is 2. The van der Waals surface area contributed by atoms with E-state index in [4.69, 9.17) is 10.2 Å². The minimum atomic E-state index is -1.44. The van der Waals surface area contributed by atoms with E-state index in [1.807, 2.05) is 19.0 Å². The van der Waals surface area contributed by atoms with Gasteiger partial charge < -0.3 is 25.7 Å². The second-order valence-electron chi connectivity index (χ2n) is 4.27. The molecule has 0 heterocycles. The van der Waals surface area contributed by atoms with Crippen LogP contribution in [0.1, 0.15) is 13.3 Å². The molecular formula is C10H19N3O5. The third-order valence-corrected chi connectivity index (χ3v) is 2.00. The Bertz CT molecular complexity index is 319. The quantitative estimate of drug-likeness (QED) is 0.474. The molecule has 2 atom stereocenters. The predicted octanol–water partition coefficient (Wildman–Crippen LogP) is -0.836. The van der Waals surface area contributed by atoms with Crippen LogP contribution in [0.5, 0.6) is 0 Å². The molecule has 18 heavy (non-hydrogen) atoms. The van der Waals surface area contributed by atoms with Gasteiger partial charge in [0.05, 0.1) is 6.42 Å². The van der Waals surface area contributed by atoms with Gasteiger partial charge in [0.2, 0.25) is 0 Å². The molecule has 0 fully saturated rings. The van der Waals surface area contributed by atoms with Crippen molar-refractivity contribution in [1.82, 2.24) is 15.5 Å². The Morgan fingerprint density at radius 3 is 2.11 bits per heavy atom. The fraction of sp³-hybridized carbons (Fsp3) is 0.700. The molecule has 8 nitrogen and oxygen atoms in total. The maximum Gasteiger partial charge on any atom is 0.326 e. The van der Waals surface area contributed by atoms with E-state index in [1.165, 1.54) is 0 Å². The first-order valence-electron chi connectivity index (χ1n) is 5.38. The molecule has 4 N–H and O–H groups in total. The van der Waals surface area contributed by atoms with E-state index in [-0.39, 0.29) is 6.04 Å². The molecular weight excluding hydrogens is 242 g/mol. The van der Waals surface area contributed by atoms with E-state index < -0.39 is 30.4 Å². The van der Waals surface area contributed by atoms with Gasteiger partial charge in [-0.25, -0.2) is 9.59 Å². The molecule has 0 aliphatic rings. The van der Waals surface area contributed by atoms with Crippen molar-refractivity contribution < 1.29 is 24.6 Å². The number of nitrogens with zero attached hydrogens (tertiary/aromatic N) is 1. The van der Waals surface area contributed by atoms with Crippen LogP contribution in [0.4, 0.5) is 4.79 Å². The number of carboxylic acid groups (broad SMARTS) is 2. The highest BCUT2D eigenvalue weighted by atomic mass is 16.4. The fourth-order valence-corrected chi connectivity index (χ4v) is 1.39. The maximum atomic E-state index is 11.4. The van der Waals surface area contributed by atoms with E-state index >= 15 is 0 Å². The molecule has 0 aromatic heterocycles. The van der Waals surface area contributed by atoms with E-state index in [0.29, 0.717) is 6.54 Å². The number of likely N-dealkylation sites (N-methyl/N-ethyl adjacent to an activating group) is 1. The highest BCUT2D eigenvalue weighted by molar-refractivity contribution is 5.86. The summed E-state index contributed by atoms with van der Waals surface area (Å²) in [5.41, 5.74) is 0. The molecule has 8 heteroatoms. The number of carbonyl (C=O) groups is 3. The third-order valence-electron chi connectivity index (χ3n) is 2.00. The van der Waals surface area contributed by atoms with E-state index in [9.17, 15) is 14.4 Å². The number of carbonyl (C=O) groups excluding carboxylic acids is 1. The Hall–Kier alpha value is -1.83. The molecule has 1 unspecified atom stereocenters. The van der Waals surface area contributed by atoms with Crippen LogP contribution in [-0.4, -0.2) is 65.8 Å². The number of hydrogen-bond acceptors (Lipinski definition) is 4. The van der Waals surface area contributed by atoms with Crippen LogP contribution in [0, 0.1) is 0 Å². The van der Waals surface area contributed by atoms with Crippen LogP contribution in [0.2, 0.25) is 0 Å². The van der Waals surface area contributed by atoms with Crippen molar-refractivity contribution in [2.24, 2.45) is 0 Å². The first-order valence-corrected chi connectivity index (χ1v) is 5.38. The van der Waals surface area contributed by atoms with Crippen LogP contribution >= 0.6 is 0 Å². The zero-order chi connectivity index (χ0) is 14.3. The zero-order valence-electron chi connectivity index (χ0n) is 10.6. The molecule has 0 aromatic carbocycles. The molecule has 0 bridgehead atoms. The average molecular weight is 261 g/mol. The van der Waals surface area contributed by atoms with Crippen molar-refractivity contribution in [3.8, 4) is 0 Å². The summed E-state index contributed by atoms with van der Waals surface area (Å²) in [7, 11) is 3.67. The molecule has 0 aliphatic carbocycles. The normalized spacial score (nSPS) is 13.8. The molecule has 0 spiro atoms. The van der Waals surface area contributed by atoms with Gasteiger partial charge in [-0.1, -0.05) is 0 Å². The van der Waals surface area contributed by atoms with E-state index in [1.54, 1.807) is 6.92 Å².